The molecule has 146 valence electrons. The second kappa shape index (κ2) is 10.0. The van der Waals surface area contributed by atoms with Crippen LogP contribution in [-0.4, -0.2) is 25.2 Å². The Morgan fingerprint density at radius 2 is 1.81 bits per heavy atom. The summed E-state index contributed by atoms with van der Waals surface area (Å²) < 4.78 is 11.3. The van der Waals surface area contributed by atoms with Crippen LogP contribution in [0.15, 0.2) is 36.4 Å². The molecule has 1 amide bonds. The van der Waals surface area contributed by atoms with Gasteiger partial charge < -0.3 is 14.8 Å². The zero-order chi connectivity index (χ0) is 19.8. The van der Waals surface area contributed by atoms with Crippen LogP contribution in [0, 0.1) is 20.8 Å². The SMILES string of the molecule is CCOc1ccc(CCCNC(=O)C(C)Oc2cc(C)cc(C)c2C)cc1. The zero-order valence-electron chi connectivity index (χ0n) is 17.1. The molecule has 1 unspecified atom stereocenters. The number of hydrogen-bond donors (Lipinski definition) is 1. The van der Waals surface area contributed by atoms with Crippen molar-refractivity contribution < 1.29 is 14.3 Å². The van der Waals surface area contributed by atoms with E-state index < -0.39 is 6.10 Å². The molecule has 1 N–H and O–H groups in total. The van der Waals surface area contributed by atoms with Gasteiger partial charge in [0.2, 0.25) is 0 Å². The molecule has 27 heavy (non-hydrogen) atoms. The van der Waals surface area contributed by atoms with Crippen molar-refractivity contribution in [2.24, 2.45) is 0 Å². The number of nitrogens with one attached hydrogen (secondary N) is 1. The molecule has 1 atom stereocenters. The number of benzene rings is 2. The minimum absolute atomic E-state index is 0.0831. The molecule has 0 aliphatic rings. The smallest absolute Gasteiger partial charge is 0.260 e. The van der Waals surface area contributed by atoms with E-state index >= 15 is 0 Å². The zero-order valence-corrected chi connectivity index (χ0v) is 17.1. The van der Waals surface area contributed by atoms with Crippen molar-refractivity contribution in [2.75, 3.05) is 13.2 Å². The third kappa shape index (κ3) is 6.31. The topological polar surface area (TPSA) is 47.6 Å². The Morgan fingerprint density at radius 1 is 1.11 bits per heavy atom. The molecular weight excluding hydrogens is 338 g/mol. The number of amides is 1. The molecule has 0 radical (unpaired) electrons. The molecule has 4 heteroatoms. The summed E-state index contributed by atoms with van der Waals surface area (Å²) in [5.41, 5.74) is 4.63. The summed E-state index contributed by atoms with van der Waals surface area (Å²) in [6.45, 7) is 11.2. The number of ether oxygens (including phenoxy) is 2. The minimum Gasteiger partial charge on any atom is -0.494 e. The van der Waals surface area contributed by atoms with E-state index in [0.717, 1.165) is 35.5 Å². The highest BCUT2D eigenvalue weighted by Gasteiger charge is 2.16. The fourth-order valence-electron chi connectivity index (χ4n) is 2.93. The Morgan fingerprint density at radius 3 is 2.48 bits per heavy atom. The highest BCUT2D eigenvalue weighted by Crippen LogP contribution is 2.24. The van der Waals surface area contributed by atoms with E-state index in [-0.39, 0.29) is 5.91 Å². The van der Waals surface area contributed by atoms with Crippen molar-refractivity contribution in [3.8, 4) is 11.5 Å². The van der Waals surface area contributed by atoms with Gasteiger partial charge in [-0.25, -0.2) is 0 Å². The lowest BCUT2D eigenvalue weighted by Crippen LogP contribution is -2.37. The van der Waals surface area contributed by atoms with Crippen LogP contribution in [0.3, 0.4) is 0 Å². The van der Waals surface area contributed by atoms with Gasteiger partial charge in [-0.3, -0.25) is 4.79 Å². The highest BCUT2D eigenvalue weighted by molar-refractivity contribution is 5.80. The van der Waals surface area contributed by atoms with Gasteiger partial charge in [0.1, 0.15) is 11.5 Å². The fraction of sp³-hybridized carbons (Fsp3) is 0.435. The Kier molecular flexibility index (Phi) is 7.71. The monoisotopic (exact) mass is 369 g/mol. The predicted molar refractivity (Wildman–Crippen MR) is 110 cm³/mol. The molecule has 4 nitrogen and oxygen atoms in total. The maximum atomic E-state index is 12.3. The molecule has 0 aliphatic heterocycles. The Balaban J connectivity index is 1.76. The standard InChI is InChI=1S/C23H31NO3/c1-6-26-21-11-9-20(10-12-21)8-7-13-24-23(25)19(5)27-22-15-16(2)14-17(3)18(22)4/h9-12,14-15,19H,6-8,13H2,1-5H3,(H,24,25). The number of aryl methyl sites for hydroxylation is 3. The van der Waals surface area contributed by atoms with Gasteiger partial charge in [-0.05, 0) is 87.9 Å². The maximum Gasteiger partial charge on any atom is 0.260 e. The van der Waals surface area contributed by atoms with Gasteiger partial charge >= 0.3 is 0 Å². The van der Waals surface area contributed by atoms with Crippen LogP contribution in [0.2, 0.25) is 0 Å². The molecule has 0 saturated carbocycles. The van der Waals surface area contributed by atoms with Gasteiger partial charge in [-0.15, -0.1) is 0 Å². The van der Waals surface area contributed by atoms with Gasteiger partial charge in [0.05, 0.1) is 6.61 Å². The first-order valence-corrected chi connectivity index (χ1v) is 9.64. The molecular formula is C23H31NO3. The third-order valence-corrected chi connectivity index (χ3v) is 4.61. The number of rotatable bonds is 9. The van der Waals surface area contributed by atoms with Crippen LogP contribution in [-0.2, 0) is 11.2 Å². The maximum absolute atomic E-state index is 12.3. The fourth-order valence-corrected chi connectivity index (χ4v) is 2.93. The first-order chi connectivity index (χ1) is 12.9. The molecule has 2 aromatic carbocycles. The van der Waals surface area contributed by atoms with Crippen molar-refractivity contribution >= 4 is 5.91 Å². The van der Waals surface area contributed by atoms with Crippen LogP contribution in [0.25, 0.3) is 0 Å². The van der Waals surface area contributed by atoms with Crippen LogP contribution < -0.4 is 14.8 Å². The average molecular weight is 370 g/mol. The van der Waals surface area contributed by atoms with Crippen molar-refractivity contribution in [1.82, 2.24) is 5.32 Å². The summed E-state index contributed by atoms with van der Waals surface area (Å²) in [5, 5.41) is 2.96. The van der Waals surface area contributed by atoms with E-state index in [1.807, 2.05) is 39.0 Å². The molecule has 0 saturated heterocycles. The molecule has 0 heterocycles. The average Bonchev–Trinajstić information content (AvgIpc) is 2.64. The predicted octanol–water partition coefficient (Wildman–Crippen LogP) is 4.53. The number of hydrogen-bond acceptors (Lipinski definition) is 3. The molecule has 0 aromatic heterocycles. The Hall–Kier alpha value is -2.49. The molecule has 0 spiro atoms. The molecule has 2 aromatic rings. The quantitative estimate of drug-likeness (QED) is 0.661. The van der Waals surface area contributed by atoms with Gasteiger partial charge in [-0.1, -0.05) is 18.2 Å². The largest absolute Gasteiger partial charge is 0.494 e. The number of carbonyl (C=O) groups excluding carboxylic acids is 1. The van der Waals surface area contributed by atoms with Gasteiger partial charge in [0.25, 0.3) is 5.91 Å². The van der Waals surface area contributed by atoms with Crippen molar-refractivity contribution in [1.29, 1.82) is 0 Å². The molecule has 0 aliphatic carbocycles. The lowest BCUT2D eigenvalue weighted by Gasteiger charge is -2.18. The molecule has 2 rings (SSSR count). The van der Waals surface area contributed by atoms with E-state index in [1.54, 1.807) is 6.92 Å². The van der Waals surface area contributed by atoms with Crippen molar-refractivity contribution in [3.63, 3.8) is 0 Å². The van der Waals surface area contributed by atoms with Crippen molar-refractivity contribution in [2.45, 2.75) is 53.6 Å². The van der Waals surface area contributed by atoms with Crippen LogP contribution >= 0.6 is 0 Å². The first kappa shape index (κ1) is 20.8. The van der Waals surface area contributed by atoms with E-state index in [2.05, 4.69) is 30.4 Å². The Labute approximate surface area is 162 Å². The minimum atomic E-state index is -0.518. The normalized spacial score (nSPS) is 11.7. The summed E-state index contributed by atoms with van der Waals surface area (Å²) in [7, 11) is 0. The van der Waals surface area contributed by atoms with E-state index in [9.17, 15) is 4.79 Å². The van der Waals surface area contributed by atoms with E-state index in [4.69, 9.17) is 9.47 Å². The van der Waals surface area contributed by atoms with Crippen LogP contribution in [0.4, 0.5) is 0 Å². The summed E-state index contributed by atoms with van der Waals surface area (Å²) in [6, 6.07) is 12.2. The highest BCUT2D eigenvalue weighted by atomic mass is 16.5. The lowest BCUT2D eigenvalue weighted by molar-refractivity contribution is -0.127. The summed E-state index contributed by atoms with van der Waals surface area (Å²) >= 11 is 0. The summed E-state index contributed by atoms with van der Waals surface area (Å²) in [5.74, 6) is 1.59. The van der Waals surface area contributed by atoms with Crippen LogP contribution in [0.5, 0.6) is 11.5 Å². The van der Waals surface area contributed by atoms with E-state index in [1.165, 1.54) is 11.1 Å². The van der Waals surface area contributed by atoms with Crippen molar-refractivity contribution in [3.05, 3.63) is 58.7 Å². The second-order valence-corrected chi connectivity index (χ2v) is 6.94. The summed E-state index contributed by atoms with van der Waals surface area (Å²) in [6.07, 6.45) is 1.28. The van der Waals surface area contributed by atoms with Gasteiger partial charge in [0, 0.05) is 6.54 Å². The molecule has 0 bridgehead atoms. The molecule has 0 fully saturated rings. The van der Waals surface area contributed by atoms with Gasteiger partial charge in [-0.2, -0.15) is 0 Å². The van der Waals surface area contributed by atoms with Crippen LogP contribution in [0.1, 0.15) is 42.5 Å². The van der Waals surface area contributed by atoms with Gasteiger partial charge in [0.15, 0.2) is 6.10 Å². The third-order valence-electron chi connectivity index (χ3n) is 4.61. The number of carbonyl (C=O) groups is 1. The second-order valence-electron chi connectivity index (χ2n) is 6.94. The lowest BCUT2D eigenvalue weighted by atomic mass is 10.1. The summed E-state index contributed by atoms with van der Waals surface area (Å²) in [4.78, 5) is 12.3. The van der Waals surface area contributed by atoms with E-state index in [0.29, 0.717) is 13.2 Å². The first-order valence-electron chi connectivity index (χ1n) is 9.64. The Bertz CT molecular complexity index is 753.